The van der Waals surface area contributed by atoms with E-state index in [0.29, 0.717) is 5.69 Å². The molecule has 0 saturated carbocycles. The molecule has 4 heteroatoms. The Morgan fingerprint density at radius 2 is 2.05 bits per heavy atom. The third-order valence-corrected chi connectivity index (χ3v) is 3.95. The minimum atomic E-state index is -0.121. The number of nitrogens with zero attached hydrogens (tertiary/aromatic N) is 2. The number of hydrogen-bond acceptors (Lipinski definition) is 3. The first-order valence-electron chi connectivity index (χ1n) is 7.63. The van der Waals surface area contributed by atoms with Gasteiger partial charge >= 0.3 is 0 Å². The van der Waals surface area contributed by atoms with Crippen molar-refractivity contribution in [3.8, 4) is 0 Å². The molecule has 1 heterocycles. The van der Waals surface area contributed by atoms with Crippen LogP contribution >= 0.6 is 0 Å². The van der Waals surface area contributed by atoms with E-state index >= 15 is 0 Å². The Hall–Kier alpha value is -1.13. The molecule has 1 aromatic rings. The molecule has 1 aliphatic heterocycles. The standard InChI is InChI=1S/C16H26FN3/c1-3-18-13-14-6-7-16(15(17)12-14)19(2)10-11-20-8-4-5-9-20/h6-7,12,18H,3-5,8-11,13H2,1-2H3. The normalized spacial score (nSPS) is 15.8. The molecule has 0 radical (unpaired) electrons. The number of hydrogen-bond donors (Lipinski definition) is 1. The molecule has 0 spiro atoms. The Kier molecular flexibility index (Phi) is 5.80. The van der Waals surface area contributed by atoms with E-state index in [0.717, 1.165) is 31.7 Å². The van der Waals surface area contributed by atoms with E-state index in [4.69, 9.17) is 0 Å². The summed E-state index contributed by atoms with van der Waals surface area (Å²) in [5, 5.41) is 3.22. The van der Waals surface area contributed by atoms with Crippen LogP contribution in [-0.4, -0.2) is 44.7 Å². The van der Waals surface area contributed by atoms with Crippen LogP contribution < -0.4 is 10.2 Å². The van der Waals surface area contributed by atoms with Gasteiger partial charge in [-0.3, -0.25) is 0 Å². The van der Waals surface area contributed by atoms with E-state index in [1.165, 1.54) is 25.9 Å². The lowest BCUT2D eigenvalue weighted by Gasteiger charge is -2.23. The molecule has 20 heavy (non-hydrogen) atoms. The third kappa shape index (κ3) is 4.18. The number of likely N-dealkylation sites (N-methyl/N-ethyl adjacent to an activating group) is 1. The van der Waals surface area contributed by atoms with Crippen LogP contribution in [0, 0.1) is 5.82 Å². The van der Waals surface area contributed by atoms with Gasteiger partial charge in [-0.05, 0) is 50.2 Å². The summed E-state index contributed by atoms with van der Waals surface area (Å²) in [4.78, 5) is 4.47. The average Bonchev–Trinajstić information content (AvgIpc) is 2.96. The van der Waals surface area contributed by atoms with Crippen molar-refractivity contribution in [1.82, 2.24) is 10.2 Å². The van der Waals surface area contributed by atoms with Crippen molar-refractivity contribution in [3.05, 3.63) is 29.6 Å². The summed E-state index contributed by atoms with van der Waals surface area (Å²) in [6.07, 6.45) is 2.61. The Morgan fingerprint density at radius 1 is 1.30 bits per heavy atom. The fourth-order valence-electron chi connectivity index (χ4n) is 2.66. The van der Waals surface area contributed by atoms with Gasteiger partial charge in [0, 0.05) is 26.7 Å². The number of anilines is 1. The van der Waals surface area contributed by atoms with Crippen molar-refractivity contribution in [3.63, 3.8) is 0 Å². The van der Waals surface area contributed by atoms with Crippen molar-refractivity contribution in [2.24, 2.45) is 0 Å². The largest absolute Gasteiger partial charge is 0.371 e. The van der Waals surface area contributed by atoms with Gasteiger partial charge < -0.3 is 15.1 Å². The van der Waals surface area contributed by atoms with E-state index in [1.807, 2.05) is 24.1 Å². The Labute approximate surface area is 121 Å². The molecule has 1 saturated heterocycles. The highest BCUT2D eigenvalue weighted by Crippen LogP contribution is 2.19. The molecular formula is C16H26FN3. The number of halogens is 1. The fourth-order valence-corrected chi connectivity index (χ4v) is 2.66. The summed E-state index contributed by atoms with van der Waals surface area (Å²) in [5.41, 5.74) is 1.70. The lowest BCUT2D eigenvalue weighted by Crippen LogP contribution is -2.31. The quantitative estimate of drug-likeness (QED) is 0.827. The maximum Gasteiger partial charge on any atom is 0.146 e. The topological polar surface area (TPSA) is 18.5 Å². The minimum Gasteiger partial charge on any atom is -0.371 e. The van der Waals surface area contributed by atoms with Crippen molar-refractivity contribution < 1.29 is 4.39 Å². The zero-order valence-electron chi connectivity index (χ0n) is 12.7. The molecular weight excluding hydrogens is 253 g/mol. The first-order valence-corrected chi connectivity index (χ1v) is 7.63. The molecule has 1 fully saturated rings. The van der Waals surface area contributed by atoms with Crippen molar-refractivity contribution >= 4 is 5.69 Å². The molecule has 3 nitrogen and oxygen atoms in total. The van der Waals surface area contributed by atoms with Gasteiger partial charge in [-0.2, -0.15) is 0 Å². The van der Waals surface area contributed by atoms with Crippen LogP contribution in [-0.2, 0) is 6.54 Å². The minimum absolute atomic E-state index is 0.121. The molecule has 1 N–H and O–H groups in total. The molecule has 0 amide bonds. The summed E-state index contributed by atoms with van der Waals surface area (Å²) in [7, 11) is 1.97. The van der Waals surface area contributed by atoms with Gasteiger partial charge in [0.1, 0.15) is 5.82 Å². The van der Waals surface area contributed by atoms with E-state index in [2.05, 4.69) is 17.1 Å². The first kappa shape index (κ1) is 15.3. The third-order valence-electron chi connectivity index (χ3n) is 3.95. The van der Waals surface area contributed by atoms with Crippen LogP contribution in [0.25, 0.3) is 0 Å². The lowest BCUT2D eigenvalue weighted by molar-refractivity contribution is 0.346. The number of benzene rings is 1. The second-order valence-corrected chi connectivity index (χ2v) is 5.54. The van der Waals surface area contributed by atoms with Crippen LogP contribution in [0.4, 0.5) is 10.1 Å². The Bertz CT molecular complexity index is 416. The summed E-state index contributed by atoms with van der Waals surface area (Å²) in [6.45, 7) is 7.97. The van der Waals surface area contributed by atoms with E-state index in [-0.39, 0.29) is 5.82 Å². The number of nitrogens with one attached hydrogen (secondary N) is 1. The van der Waals surface area contributed by atoms with Gasteiger partial charge in [0.05, 0.1) is 5.69 Å². The van der Waals surface area contributed by atoms with Gasteiger partial charge in [-0.15, -0.1) is 0 Å². The molecule has 0 aromatic heterocycles. The summed E-state index contributed by atoms with van der Waals surface area (Å²) in [5.74, 6) is -0.121. The second kappa shape index (κ2) is 7.60. The van der Waals surface area contributed by atoms with Crippen LogP contribution in [0.2, 0.25) is 0 Å². The highest BCUT2D eigenvalue weighted by molar-refractivity contribution is 5.48. The predicted molar refractivity (Wildman–Crippen MR) is 82.7 cm³/mol. The average molecular weight is 279 g/mol. The van der Waals surface area contributed by atoms with Gasteiger partial charge in [-0.25, -0.2) is 4.39 Å². The second-order valence-electron chi connectivity index (χ2n) is 5.54. The van der Waals surface area contributed by atoms with Crippen LogP contribution in [0.1, 0.15) is 25.3 Å². The molecule has 0 aliphatic carbocycles. The number of likely N-dealkylation sites (tertiary alicyclic amines) is 1. The Balaban J connectivity index is 1.89. The molecule has 2 rings (SSSR count). The molecule has 0 bridgehead atoms. The summed E-state index contributed by atoms with van der Waals surface area (Å²) >= 11 is 0. The molecule has 112 valence electrons. The maximum atomic E-state index is 14.1. The summed E-state index contributed by atoms with van der Waals surface area (Å²) < 4.78 is 14.1. The monoisotopic (exact) mass is 279 g/mol. The van der Waals surface area contributed by atoms with E-state index in [1.54, 1.807) is 6.07 Å². The van der Waals surface area contributed by atoms with Gasteiger partial charge in [-0.1, -0.05) is 13.0 Å². The van der Waals surface area contributed by atoms with Crippen molar-refractivity contribution in [2.75, 3.05) is 44.7 Å². The molecule has 1 aliphatic rings. The lowest BCUT2D eigenvalue weighted by atomic mass is 10.2. The molecule has 0 unspecified atom stereocenters. The van der Waals surface area contributed by atoms with Crippen LogP contribution in [0.5, 0.6) is 0 Å². The summed E-state index contributed by atoms with van der Waals surface area (Å²) in [6, 6.07) is 5.55. The maximum absolute atomic E-state index is 14.1. The zero-order chi connectivity index (χ0) is 14.4. The number of rotatable bonds is 7. The van der Waals surface area contributed by atoms with Crippen molar-refractivity contribution in [1.29, 1.82) is 0 Å². The van der Waals surface area contributed by atoms with Crippen molar-refractivity contribution in [2.45, 2.75) is 26.3 Å². The van der Waals surface area contributed by atoms with Gasteiger partial charge in [0.2, 0.25) is 0 Å². The predicted octanol–water partition coefficient (Wildman–Crippen LogP) is 2.47. The van der Waals surface area contributed by atoms with Gasteiger partial charge in [0.15, 0.2) is 0 Å². The SMILES string of the molecule is CCNCc1ccc(N(C)CCN2CCCC2)c(F)c1. The molecule has 1 aromatic carbocycles. The van der Waals surface area contributed by atoms with Crippen LogP contribution in [0.15, 0.2) is 18.2 Å². The van der Waals surface area contributed by atoms with E-state index < -0.39 is 0 Å². The highest BCUT2D eigenvalue weighted by Gasteiger charge is 2.13. The highest BCUT2D eigenvalue weighted by atomic mass is 19.1. The Morgan fingerprint density at radius 3 is 2.70 bits per heavy atom. The van der Waals surface area contributed by atoms with Gasteiger partial charge in [0.25, 0.3) is 0 Å². The zero-order valence-corrected chi connectivity index (χ0v) is 12.7. The smallest absolute Gasteiger partial charge is 0.146 e. The first-order chi connectivity index (χ1) is 9.70. The fraction of sp³-hybridized carbons (Fsp3) is 0.625. The molecule has 0 atom stereocenters. The van der Waals surface area contributed by atoms with E-state index in [9.17, 15) is 4.39 Å². The van der Waals surface area contributed by atoms with Crippen LogP contribution in [0.3, 0.4) is 0 Å².